The Kier molecular flexibility index (Phi) is 4.49. The Balaban J connectivity index is 2.27. The maximum absolute atomic E-state index is 10.4. The molecule has 1 atom stereocenters. The van der Waals surface area contributed by atoms with Crippen LogP contribution in [0.1, 0.15) is 22.8 Å². The van der Waals surface area contributed by atoms with Crippen LogP contribution in [0.5, 0.6) is 5.75 Å². The number of aliphatic hydroxyl groups is 1. The SMILES string of the molecule is COCc1cccc(C(O)c2cncc(OC)c2)c1. The highest BCUT2D eigenvalue weighted by molar-refractivity contribution is 5.34. The number of ether oxygens (including phenoxy) is 2. The second-order valence-electron chi connectivity index (χ2n) is 4.24. The Hall–Kier alpha value is -1.91. The van der Waals surface area contributed by atoms with E-state index in [4.69, 9.17) is 9.47 Å². The molecule has 0 saturated carbocycles. The molecule has 0 amide bonds. The second-order valence-corrected chi connectivity index (χ2v) is 4.24. The molecule has 0 radical (unpaired) electrons. The van der Waals surface area contributed by atoms with Gasteiger partial charge in [0.1, 0.15) is 11.9 Å². The van der Waals surface area contributed by atoms with Crippen molar-refractivity contribution in [1.29, 1.82) is 0 Å². The van der Waals surface area contributed by atoms with Crippen molar-refractivity contribution in [2.24, 2.45) is 0 Å². The summed E-state index contributed by atoms with van der Waals surface area (Å²) < 4.78 is 10.2. The summed E-state index contributed by atoms with van der Waals surface area (Å²) in [5.41, 5.74) is 2.54. The third kappa shape index (κ3) is 3.30. The first-order valence-corrected chi connectivity index (χ1v) is 5.99. The van der Waals surface area contributed by atoms with E-state index in [0.717, 1.165) is 11.1 Å². The van der Waals surface area contributed by atoms with Crippen molar-refractivity contribution in [3.63, 3.8) is 0 Å². The number of pyridine rings is 1. The third-order valence-electron chi connectivity index (χ3n) is 2.86. The molecule has 0 aliphatic rings. The first-order chi connectivity index (χ1) is 9.24. The maximum atomic E-state index is 10.4. The van der Waals surface area contributed by atoms with Gasteiger partial charge in [0, 0.05) is 18.9 Å². The van der Waals surface area contributed by atoms with Crippen molar-refractivity contribution in [1.82, 2.24) is 4.98 Å². The smallest absolute Gasteiger partial charge is 0.137 e. The van der Waals surface area contributed by atoms with Crippen molar-refractivity contribution >= 4 is 0 Å². The number of hydrogen-bond acceptors (Lipinski definition) is 4. The monoisotopic (exact) mass is 259 g/mol. The van der Waals surface area contributed by atoms with Gasteiger partial charge in [-0.2, -0.15) is 0 Å². The van der Waals surface area contributed by atoms with Gasteiger partial charge in [0.25, 0.3) is 0 Å². The molecular formula is C15H17NO3. The Labute approximate surface area is 112 Å². The number of nitrogens with zero attached hydrogens (tertiary/aromatic N) is 1. The van der Waals surface area contributed by atoms with Gasteiger partial charge >= 0.3 is 0 Å². The zero-order valence-corrected chi connectivity index (χ0v) is 11.0. The van der Waals surface area contributed by atoms with Gasteiger partial charge in [-0.3, -0.25) is 4.98 Å². The highest BCUT2D eigenvalue weighted by Crippen LogP contribution is 2.24. The number of methoxy groups -OCH3 is 2. The van der Waals surface area contributed by atoms with Crippen LogP contribution in [0.2, 0.25) is 0 Å². The number of hydrogen-bond donors (Lipinski definition) is 1. The predicted octanol–water partition coefficient (Wildman–Crippen LogP) is 2.32. The summed E-state index contributed by atoms with van der Waals surface area (Å²) in [6.45, 7) is 0.525. The summed E-state index contributed by atoms with van der Waals surface area (Å²) in [5, 5.41) is 10.4. The molecule has 0 bridgehead atoms. The third-order valence-corrected chi connectivity index (χ3v) is 2.86. The van der Waals surface area contributed by atoms with Crippen LogP contribution in [0.25, 0.3) is 0 Å². The van der Waals surface area contributed by atoms with Gasteiger partial charge in [-0.25, -0.2) is 0 Å². The van der Waals surface area contributed by atoms with Gasteiger partial charge in [-0.15, -0.1) is 0 Å². The number of aliphatic hydroxyl groups excluding tert-OH is 1. The number of aromatic nitrogens is 1. The molecule has 4 nitrogen and oxygen atoms in total. The van der Waals surface area contributed by atoms with Crippen molar-refractivity contribution in [3.05, 3.63) is 59.4 Å². The Bertz CT molecular complexity index is 542. The second kappa shape index (κ2) is 6.31. The fraction of sp³-hybridized carbons (Fsp3) is 0.267. The van der Waals surface area contributed by atoms with Gasteiger partial charge in [0.15, 0.2) is 0 Å². The van der Waals surface area contributed by atoms with Crippen LogP contribution in [-0.2, 0) is 11.3 Å². The molecule has 2 aromatic rings. The molecule has 0 aliphatic carbocycles. The molecule has 100 valence electrons. The Morgan fingerprint density at radius 2 is 2.00 bits per heavy atom. The minimum atomic E-state index is -0.723. The number of rotatable bonds is 5. The lowest BCUT2D eigenvalue weighted by Crippen LogP contribution is -2.02. The normalized spacial score (nSPS) is 12.2. The lowest BCUT2D eigenvalue weighted by Gasteiger charge is -2.13. The van der Waals surface area contributed by atoms with E-state index in [1.165, 1.54) is 0 Å². The zero-order valence-electron chi connectivity index (χ0n) is 11.0. The lowest BCUT2D eigenvalue weighted by molar-refractivity contribution is 0.184. The molecule has 0 fully saturated rings. The topological polar surface area (TPSA) is 51.6 Å². The van der Waals surface area contributed by atoms with E-state index in [2.05, 4.69) is 4.98 Å². The van der Waals surface area contributed by atoms with Crippen LogP contribution in [0.15, 0.2) is 42.7 Å². The minimum Gasteiger partial charge on any atom is -0.495 e. The van der Waals surface area contributed by atoms with Crippen LogP contribution >= 0.6 is 0 Å². The number of benzene rings is 1. The largest absolute Gasteiger partial charge is 0.495 e. The first-order valence-electron chi connectivity index (χ1n) is 5.99. The molecule has 1 unspecified atom stereocenters. The van der Waals surface area contributed by atoms with E-state index in [1.54, 1.807) is 32.7 Å². The summed E-state index contributed by atoms with van der Waals surface area (Å²) in [6.07, 6.45) is 2.52. The molecule has 0 saturated heterocycles. The van der Waals surface area contributed by atoms with Gasteiger partial charge in [0.05, 0.1) is 19.9 Å². The molecule has 4 heteroatoms. The fourth-order valence-corrected chi connectivity index (χ4v) is 1.91. The van der Waals surface area contributed by atoms with Crippen LogP contribution in [0, 0.1) is 0 Å². The standard InChI is InChI=1S/C15H17NO3/c1-18-10-11-4-3-5-12(6-11)15(17)13-7-14(19-2)9-16-8-13/h3-9,15,17H,10H2,1-2H3. The predicted molar refractivity (Wildman–Crippen MR) is 72.0 cm³/mol. The lowest BCUT2D eigenvalue weighted by atomic mass is 10.0. The van der Waals surface area contributed by atoms with E-state index in [9.17, 15) is 5.11 Å². The van der Waals surface area contributed by atoms with Crippen molar-refractivity contribution in [2.75, 3.05) is 14.2 Å². The molecule has 1 aromatic carbocycles. The average Bonchev–Trinajstić information content (AvgIpc) is 2.47. The summed E-state index contributed by atoms with van der Waals surface area (Å²) in [5.74, 6) is 0.629. The van der Waals surface area contributed by atoms with Gasteiger partial charge in [0.2, 0.25) is 0 Å². The summed E-state index contributed by atoms with van der Waals surface area (Å²) in [4.78, 5) is 4.05. The summed E-state index contributed by atoms with van der Waals surface area (Å²) >= 11 is 0. The highest BCUT2D eigenvalue weighted by atomic mass is 16.5. The van der Waals surface area contributed by atoms with Gasteiger partial charge in [-0.05, 0) is 17.2 Å². The van der Waals surface area contributed by atoms with E-state index in [0.29, 0.717) is 17.9 Å². The van der Waals surface area contributed by atoms with Crippen molar-refractivity contribution in [2.45, 2.75) is 12.7 Å². The van der Waals surface area contributed by atoms with E-state index < -0.39 is 6.10 Å². The summed E-state index contributed by atoms with van der Waals surface area (Å²) in [7, 11) is 3.22. The molecule has 1 aromatic heterocycles. The molecule has 0 spiro atoms. The quantitative estimate of drug-likeness (QED) is 0.895. The minimum absolute atomic E-state index is 0.525. The van der Waals surface area contributed by atoms with Crippen molar-refractivity contribution in [3.8, 4) is 5.75 Å². The Morgan fingerprint density at radius 1 is 1.16 bits per heavy atom. The molecule has 19 heavy (non-hydrogen) atoms. The Morgan fingerprint density at radius 3 is 2.74 bits per heavy atom. The molecule has 1 heterocycles. The van der Waals surface area contributed by atoms with E-state index >= 15 is 0 Å². The van der Waals surface area contributed by atoms with Crippen LogP contribution in [0.3, 0.4) is 0 Å². The fourth-order valence-electron chi connectivity index (χ4n) is 1.91. The zero-order chi connectivity index (χ0) is 13.7. The van der Waals surface area contributed by atoms with E-state index in [1.807, 2.05) is 24.3 Å². The average molecular weight is 259 g/mol. The molecular weight excluding hydrogens is 242 g/mol. The molecule has 2 rings (SSSR count). The van der Waals surface area contributed by atoms with Gasteiger partial charge in [-0.1, -0.05) is 24.3 Å². The van der Waals surface area contributed by atoms with Crippen LogP contribution in [0.4, 0.5) is 0 Å². The first kappa shape index (κ1) is 13.5. The summed E-state index contributed by atoms with van der Waals surface area (Å²) in [6, 6.07) is 9.45. The maximum Gasteiger partial charge on any atom is 0.137 e. The molecule has 0 aliphatic heterocycles. The molecule has 1 N–H and O–H groups in total. The van der Waals surface area contributed by atoms with E-state index in [-0.39, 0.29) is 0 Å². The van der Waals surface area contributed by atoms with Gasteiger partial charge < -0.3 is 14.6 Å². The highest BCUT2D eigenvalue weighted by Gasteiger charge is 2.12. The van der Waals surface area contributed by atoms with Crippen LogP contribution < -0.4 is 4.74 Å². The van der Waals surface area contributed by atoms with Crippen LogP contribution in [-0.4, -0.2) is 24.3 Å². The van der Waals surface area contributed by atoms with Crippen molar-refractivity contribution < 1.29 is 14.6 Å².